The van der Waals surface area contributed by atoms with Crippen molar-refractivity contribution in [3.63, 3.8) is 0 Å². The normalized spacial score (nSPS) is 10.7. The lowest BCUT2D eigenvalue weighted by Crippen LogP contribution is -2.21. The van der Waals surface area contributed by atoms with Gasteiger partial charge in [-0.05, 0) is 45.3 Å². The van der Waals surface area contributed by atoms with Crippen LogP contribution in [0.25, 0.3) is 11.4 Å². The molecule has 0 aliphatic rings. The molecule has 144 valence electrons. The Morgan fingerprint density at radius 2 is 1.64 bits per heavy atom. The van der Waals surface area contributed by atoms with Gasteiger partial charge in [0.1, 0.15) is 11.6 Å². The van der Waals surface area contributed by atoms with Crippen LogP contribution in [0.15, 0.2) is 60.7 Å². The minimum Gasteiger partial charge on any atom is -0.369 e. The van der Waals surface area contributed by atoms with Crippen LogP contribution in [0.3, 0.4) is 0 Å². The number of anilines is 3. The van der Waals surface area contributed by atoms with Crippen molar-refractivity contribution in [1.29, 1.82) is 0 Å². The maximum atomic E-state index is 11.5. The van der Waals surface area contributed by atoms with Crippen molar-refractivity contribution < 1.29 is 4.79 Å². The van der Waals surface area contributed by atoms with Crippen LogP contribution in [0.2, 0.25) is 0 Å². The van der Waals surface area contributed by atoms with Crippen molar-refractivity contribution in [2.24, 2.45) is 0 Å². The largest absolute Gasteiger partial charge is 0.369 e. The van der Waals surface area contributed by atoms with Crippen molar-refractivity contribution in [2.45, 2.75) is 6.92 Å². The van der Waals surface area contributed by atoms with Gasteiger partial charge in [-0.15, -0.1) is 0 Å². The van der Waals surface area contributed by atoms with Gasteiger partial charge in [0.15, 0.2) is 11.6 Å². The minimum absolute atomic E-state index is 0.0485. The van der Waals surface area contributed by atoms with Crippen molar-refractivity contribution in [1.82, 2.24) is 14.9 Å². The van der Waals surface area contributed by atoms with E-state index >= 15 is 0 Å². The first-order chi connectivity index (χ1) is 13.5. The number of hydrogen-bond donors (Lipinski definition) is 2. The molecule has 1 heterocycles. The predicted molar refractivity (Wildman–Crippen MR) is 114 cm³/mol. The zero-order chi connectivity index (χ0) is 19.9. The molecule has 0 bridgehead atoms. The van der Waals surface area contributed by atoms with Gasteiger partial charge in [0.05, 0.1) is 0 Å². The SMILES string of the molecule is CC(=O)c1ccc(Nc2cc(NCCN(C)C)nc(-c3ccccc3)n2)cc1. The molecule has 0 radical (unpaired) electrons. The van der Waals surface area contributed by atoms with Gasteiger partial charge in [-0.25, -0.2) is 9.97 Å². The van der Waals surface area contributed by atoms with E-state index in [2.05, 4.69) is 25.5 Å². The van der Waals surface area contributed by atoms with Crippen LogP contribution < -0.4 is 10.6 Å². The van der Waals surface area contributed by atoms with Crippen LogP contribution in [-0.2, 0) is 0 Å². The molecule has 0 fully saturated rings. The molecule has 6 heteroatoms. The van der Waals surface area contributed by atoms with Gasteiger partial charge >= 0.3 is 0 Å². The third kappa shape index (κ3) is 5.37. The molecule has 2 aromatic carbocycles. The van der Waals surface area contributed by atoms with E-state index in [1.807, 2.05) is 62.6 Å². The molecule has 0 aliphatic heterocycles. The van der Waals surface area contributed by atoms with E-state index in [1.165, 1.54) is 0 Å². The molecule has 3 aromatic rings. The highest BCUT2D eigenvalue weighted by molar-refractivity contribution is 5.94. The number of Topliss-reactive ketones (excluding diaryl/α,β-unsaturated/α-hetero) is 1. The molecule has 1 aromatic heterocycles. The summed E-state index contributed by atoms with van der Waals surface area (Å²) < 4.78 is 0. The Balaban J connectivity index is 1.86. The summed E-state index contributed by atoms with van der Waals surface area (Å²) in [5, 5.41) is 6.67. The Bertz CT molecular complexity index is 923. The second-order valence-corrected chi connectivity index (χ2v) is 6.82. The molecular formula is C22H25N5O. The molecule has 0 spiro atoms. The van der Waals surface area contributed by atoms with E-state index in [1.54, 1.807) is 19.1 Å². The topological polar surface area (TPSA) is 70.2 Å². The fourth-order valence-electron chi connectivity index (χ4n) is 2.66. The van der Waals surface area contributed by atoms with Gasteiger partial charge in [0, 0.05) is 36.0 Å². The summed E-state index contributed by atoms with van der Waals surface area (Å²) >= 11 is 0. The number of nitrogens with one attached hydrogen (secondary N) is 2. The van der Waals surface area contributed by atoms with Crippen LogP contribution in [-0.4, -0.2) is 47.8 Å². The Hall–Kier alpha value is -3.25. The predicted octanol–water partition coefficient (Wildman–Crippen LogP) is 4.06. The first-order valence-corrected chi connectivity index (χ1v) is 9.22. The quantitative estimate of drug-likeness (QED) is 0.579. The van der Waals surface area contributed by atoms with Gasteiger partial charge in [-0.2, -0.15) is 0 Å². The van der Waals surface area contributed by atoms with E-state index < -0.39 is 0 Å². The fraction of sp³-hybridized carbons (Fsp3) is 0.227. The van der Waals surface area contributed by atoms with Gasteiger partial charge in [-0.3, -0.25) is 4.79 Å². The number of carbonyl (C=O) groups excluding carboxylic acids is 1. The summed E-state index contributed by atoms with van der Waals surface area (Å²) in [6.07, 6.45) is 0. The Morgan fingerprint density at radius 3 is 2.29 bits per heavy atom. The lowest BCUT2D eigenvalue weighted by atomic mass is 10.1. The molecule has 2 N–H and O–H groups in total. The molecule has 0 saturated heterocycles. The summed E-state index contributed by atoms with van der Waals surface area (Å²) in [6, 6.07) is 19.1. The number of carbonyl (C=O) groups is 1. The maximum Gasteiger partial charge on any atom is 0.163 e. The molecule has 0 saturated carbocycles. The summed E-state index contributed by atoms with van der Waals surface area (Å²) in [6.45, 7) is 3.25. The highest BCUT2D eigenvalue weighted by Gasteiger charge is 2.08. The van der Waals surface area contributed by atoms with E-state index in [9.17, 15) is 4.79 Å². The summed E-state index contributed by atoms with van der Waals surface area (Å²) in [5.41, 5.74) is 2.50. The smallest absolute Gasteiger partial charge is 0.163 e. The van der Waals surface area contributed by atoms with Crippen LogP contribution in [0.1, 0.15) is 17.3 Å². The Kier molecular flexibility index (Phi) is 6.34. The van der Waals surface area contributed by atoms with Crippen LogP contribution >= 0.6 is 0 Å². The Morgan fingerprint density at radius 1 is 0.964 bits per heavy atom. The lowest BCUT2D eigenvalue weighted by Gasteiger charge is -2.13. The lowest BCUT2D eigenvalue weighted by molar-refractivity contribution is 0.101. The van der Waals surface area contributed by atoms with Crippen molar-refractivity contribution in [3.05, 3.63) is 66.2 Å². The Labute approximate surface area is 165 Å². The second kappa shape index (κ2) is 9.10. The van der Waals surface area contributed by atoms with Crippen molar-refractivity contribution in [2.75, 3.05) is 37.8 Å². The summed E-state index contributed by atoms with van der Waals surface area (Å²) in [5.74, 6) is 2.15. The molecule has 0 atom stereocenters. The van der Waals surface area contributed by atoms with E-state index in [4.69, 9.17) is 0 Å². The zero-order valence-corrected chi connectivity index (χ0v) is 16.4. The maximum absolute atomic E-state index is 11.5. The number of benzene rings is 2. The van der Waals surface area contributed by atoms with Crippen LogP contribution in [0.4, 0.5) is 17.3 Å². The number of hydrogen-bond acceptors (Lipinski definition) is 6. The monoisotopic (exact) mass is 375 g/mol. The molecule has 6 nitrogen and oxygen atoms in total. The third-order valence-electron chi connectivity index (χ3n) is 4.19. The molecule has 28 heavy (non-hydrogen) atoms. The van der Waals surface area contributed by atoms with Gasteiger partial charge in [0.2, 0.25) is 0 Å². The molecule has 0 unspecified atom stereocenters. The van der Waals surface area contributed by atoms with E-state index in [0.29, 0.717) is 17.2 Å². The van der Waals surface area contributed by atoms with Gasteiger partial charge in [0.25, 0.3) is 0 Å². The number of likely N-dealkylation sites (N-methyl/N-ethyl adjacent to an activating group) is 1. The first kappa shape index (κ1) is 19.5. The number of ketones is 1. The highest BCUT2D eigenvalue weighted by atomic mass is 16.1. The third-order valence-corrected chi connectivity index (χ3v) is 4.19. The van der Waals surface area contributed by atoms with Gasteiger partial charge < -0.3 is 15.5 Å². The van der Waals surface area contributed by atoms with Crippen LogP contribution in [0, 0.1) is 0 Å². The van der Waals surface area contributed by atoms with Gasteiger partial charge in [-0.1, -0.05) is 30.3 Å². The fourth-order valence-corrected chi connectivity index (χ4v) is 2.66. The standard InChI is InChI=1S/C22H25N5O/c1-16(28)17-9-11-19(12-10-17)24-21-15-20(23-13-14-27(2)3)25-22(26-21)18-7-5-4-6-8-18/h4-12,15H,13-14H2,1-3H3,(H2,23,24,25,26). The number of nitrogens with zero attached hydrogens (tertiary/aromatic N) is 3. The van der Waals surface area contributed by atoms with E-state index in [0.717, 1.165) is 30.2 Å². The average Bonchev–Trinajstić information content (AvgIpc) is 2.68. The zero-order valence-electron chi connectivity index (χ0n) is 16.4. The average molecular weight is 375 g/mol. The first-order valence-electron chi connectivity index (χ1n) is 9.22. The van der Waals surface area contributed by atoms with E-state index in [-0.39, 0.29) is 5.78 Å². The molecule has 0 amide bonds. The number of rotatable bonds is 8. The number of aromatic nitrogens is 2. The minimum atomic E-state index is 0.0485. The molecular weight excluding hydrogens is 350 g/mol. The molecule has 0 aliphatic carbocycles. The van der Waals surface area contributed by atoms with Crippen LogP contribution in [0.5, 0.6) is 0 Å². The van der Waals surface area contributed by atoms with Crippen molar-refractivity contribution >= 4 is 23.1 Å². The molecule has 3 rings (SSSR count). The highest BCUT2D eigenvalue weighted by Crippen LogP contribution is 2.23. The van der Waals surface area contributed by atoms with Crippen molar-refractivity contribution in [3.8, 4) is 11.4 Å². The summed E-state index contributed by atoms with van der Waals surface area (Å²) in [4.78, 5) is 22.9. The summed E-state index contributed by atoms with van der Waals surface area (Å²) in [7, 11) is 4.07. The second-order valence-electron chi connectivity index (χ2n) is 6.82.